The SMILES string of the molecule is COc1cc(N)c(Cl)cc1C(=O)NC1CC2CCCC(C1)N2CCCCCCCC(=O)O. The highest BCUT2D eigenvalue weighted by atomic mass is 35.5. The van der Waals surface area contributed by atoms with Gasteiger partial charge in [-0.2, -0.15) is 0 Å². The number of carbonyl (C=O) groups is 2. The molecule has 2 heterocycles. The second-order valence-corrected chi connectivity index (χ2v) is 9.51. The number of benzene rings is 1. The van der Waals surface area contributed by atoms with E-state index in [1.807, 2.05) is 0 Å². The molecule has 4 N–H and O–H groups in total. The lowest BCUT2D eigenvalue weighted by molar-refractivity contribution is -0.137. The standard InChI is InChI=1S/C24H36ClN3O4/c1-32-22-15-21(26)20(25)14-19(22)24(31)27-16-12-17-8-7-9-18(13-16)28(17)11-6-4-2-3-5-10-23(29)30/h14-18H,2-13,26H2,1H3,(H,27,31)(H,29,30). The second-order valence-electron chi connectivity index (χ2n) is 9.10. The van der Waals surface area contributed by atoms with Crippen molar-refractivity contribution in [3.63, 3.8) is 0 Å². The molecule has 0 radical (unpaired) electrons. The molecule has 2 atom stereocenters. The van der Waals surface area contributed by atoms with Gasteiger partial charge in [0.1, 0.15) is 5.75 Å². The van der Waals surface area contributed by atoms with Gasteiger partial charge in [-0.25, -0.2) is 0 Å². The molecule has 2 unspecified atom stereocenters. The van der Waals surface area contributed by atoms with Gasteiger partial charge in [0.15, 0.2) is 0 Å². The van der Waals surface area contributed by atoms with Gasteiger partial charge in [-0.1, -0.05) is 37.3 Å². The predicted octanol–water partition coefficient (Wildman–Crippen LogP) is 4.47. The molecule has 1 aromatic rings. The molecule has 2 bridgehead atoms. The van der Waals surface area contributed by atoms with Crippen LogP contribution in [0.4, 0.5) is 5.69 Å². The zero-order chi connectivity index (χ0) is 23.1. The van der Waals surface area contributed by atoms with Crippen LogP contribution in [0.3, 0.4) is 0 Å². The number of rotatable bonds is 11. The first-order chi connectivity index (χ1) is 15.4. The number of aliphatic carboxylic acids is 1. The van der Waals surface area contributed by atoms with E-state index < -0.39 is 5.97 Å². The maximum Gasteiger partial charge on any atom is 0.303 e. The molecule has 2 saturated heterocycles. The number of halogens is 1. The van der Waals surface area contributed by atoms with Crippen LogP contribution in [0.2, 0.25) is 5.02 Å². The summed E-state index contributed by atoms with van der Waals surface area (Å²) in [5.74, 6) is -0.433. The Balaban J connectivity index is 1.49. The van der Waals surface area contributed by atoms with Gasteiger partial charge in [0.2, 0.25) is 0 Å². The fourth-order valence-electron chi connectivity index (χ4n) is 5.24. The minimum Gasteiger partial charge on any atom is -0.496 e. The molecule has 0 spiro atoms. The number of carbonyl (C=O) groups excluding carboxylic acids is 1. The van der Waals surface area contributed by atoms with Crippen LogP contribution in [0.25, 0.3) is 0 Å². The molecule has 8 heteroatoms. The van der Waals surface area contributed by atoms with E-state index in [-0.39, 0.29) is 18.4 Å². The van der Waals surface area contributed by atoms with E-state index in [1.165, 1.54) is 26.4 Å². The minimum absolute atomic E-state index is 0.145. The smallest absolute Gasteiger partial charge is 0.303 e. The monoisotopic (exact) mass is 465 g/mol. The number of piperidine rings is 2. The fourth-order valence-corrected chi connectivity index (χ4v) is 5.40. The number of unbranched alkanes of at least 4 members (excludes halogenated alkanes) is 4. The Morgan fingerprint density at radius 3 is 2.47 bits per heavy atom. The number of anilines is 1. The summed E-state index contributed by atoms with van der Waals surface area (Å²) in [5, 5.41) is 12.3. The number of carboxylic acid groups (broad SMARTS) is 1. The van der Waals surface area contributed by atoms with Gasteiger partial charge in [-0.3, -0.25) is 14.5 Å². The molecular formula is C24H36ClN3O4. The van der Waals surface area contributed by atoms with E-state index in [1.54, 1.807) is 12.1 Å². The van der Waals surface area contributed by atoms with Crippen LogP contribution >= 0.6 is 11.6 Å². The van der Waals surface area contributed by atoms with Gasteiger partial charge in [-0.15, -0.1) is 0 Å². The normalized spacial score (nSPS) is 23.0. The summed E-state index contributed by atoms with van der Waals surface area (Å²) < 4.78 is 5.34. The highest BCUT2D eigenvalue weighted by molar-refractivity contribution is 6.33. The lowest BCUT2D eigenvalue weighted by Gasteiger charge is -2.49. The third-order valence-electron chi connectivity index (χ3n) is 6.83. The van der Waals surface area contributed by atoms with Crippen molar-refractivity contribution in [2.24, 2.45) is 0 Å². The van der Waals surface area contributed by atoms with Crippen molar-refractivity contribution < 1.29 is 19.4 Å². The number of fused-ring (bicyclic) bond motifs is 2. The summed E-state index contributed by atoms with van der Waals surface area (Å²) >= 11 is 6.14. The number of nitrogens with zero attached hydrogens (tertiary/aromatic N) is 1. The van der Waals surface area contributed by atoms with Gasteiger partial charge >= 0.3 is 5.97 Å². The summed E-state index contributed by atoms with van der Waals surface area (Å²) in [6, 6.07) is 4.34. The minimum atomic E-state index is -0.703. The van der Waals surface area contributed by atoms with Crippen molar-refractivity contribution in [3.05, 3.63) is 22.7 Å². The van der Waals surface area contributed by atoms with Crippen molar-refractivity contribution in [2.75, 3.05) is 19.4 Å². The zero-order valence-corrected chi connectivity index (χ0v) is 19.7. The Labute approximate surface area is 195 Å². The number of methoxy groups -OCH3 is 1. The molecule has 7 nitrogen and oxygen atoms in total. The van der Waals surface area contributed by atoms with E-state index >= 15 is 0 Å². The zero-order valence-electron chi connectivity index (χ0n) is 18.9. The molecule has 0 saturated carbocycles. The van der Waals surface area contributed by atoms with Crippen LogP contribution < -0.4 is 15.8 Å². The maximum atomic E-state index is 13.0. The number of nitrogens with two attached hydrogens (primary N) is 1. The van der Waals surface area contributed by atoms with Gasteiger partial charge in [-0.05, 0) is 51.1 Å². The van der Waals surface area contributed by atoms with E-state index in [9.17, 15) is 9.59 Å². The van der Waals surface area contributed by atoms with E-state index in [2.05, 4.69) is 10.2 Å². The van der Waals surface area contributed by atoms with Crippen LogP contribution in [-0.2, 0) is 4.79 Å². The van der Waals surface area contributed by atoms with E-state index in [0.29, 0.717) is 34.1 Å². The summed E-state index contributed by atoms with van der Waals surface area (Å²) in [4.78, 5) is 26.2. The first-order valence-corrected chi connectivity index (χ1v) is 12.2. The lowest BCUT2D eigenvalue weighted by Crippen LogP contribution is -2.57. The van der Waals surface area contributed by atoms with Gasteiger partial charge in [0, 0.05) is 30.6 Å². The predicted molar refractivity (Wildman–Crippen MR) is 126 cm³/mol. The number of carboxylic acids is 1. The topological polar surface area (TPSA) is 105 Å². The summed E-state index contributed by atoms with van der Waals surface area (Å²) in [6.07, 6.45) is 11.0. The molecule has 2 fully saturated rings. The van der Waals surface area contributed by atoms with Crippen LogP contribution in [0.1, 0.15) is 81.0 Å². The molecule has 2 aliphatic rings. The Morgan fingerprint density at radius 1 is 1.16 bits per heavy atom. The Morgan fingerprint density at radius 2 is 1.81 bits per heavy atom. The molecule has 3 rings (SSSR count). The summed E-state index contributed by atoms with van der Waals surface area (Å²) in [7, 11) is 1.52. The van der Waals surface area contributed by atoms with Crippen molar-refractivity contribution in [3.8, 4) is 5.75 Å². The Hall–Kier alpha value is -1.99. The van der Waals surface area contributed by atoms with Crippen LogP contribution in [-0.4, -0.2) is 53.7 Å². The summed E-state index contributed by atoms with van der Waals surface area (Å²) in [5.41, 5.74) is 6.65. The first kappa shape index (κ1) is 24.6. The number of hydrogen-bond donors (Lipinski definition) is 3. The number of ether oxygens (including phenoxy) is 1. The van der Waals surface area contributed by atoms with Crippen molar-refractivity contribution in [2.45, 2.75) is 88.8 Å². The number of nitrogens with one attached hydrogen (secondary N) is 1. The molecule has 32 heavy (non-hydrogen) atoms. The third-order valence-corrected chi connectivity index (χ3v) is 7.16. The largest absolute Gasteiger partial charge is 0.496 e. The van der Waals surface area contributed by atoms with Crippen LogP contribution in [0, 0.1) is 0 Å². The molecule has 2 aliphatic heterocycles. The van der Waals surface area contributed by atoms with Crippen molar-refractivity contribution in [1.29, 1.82) is 0 Å². The highest BCUT2D eigenvalue weighted by Crippen LogP contribution is 2.35. The Kier molecular flexibility index (Phi) is 9.05. The molecule has 178 valence electrons. The van der Waals surface area contributed by atoms with Gasteiger partial charge in [0.05, 0.1) is 23.4 Å². The highest BCUT2D eigenvalue weighted by Gasteiger charge is 2.38. The van der Waals surface area contributed by atoms with Gasteiger partial charge in [0.25, 0.3) is 5.91 Å². The third kappa shape index (κ3) is 6.51. The first-order valence-electron chi connectivity index (χ1n) is 11.8. The lowest BCUT2D eigenvalue weighted by atomic mass is 9.81. The number of nitrogen functional groups attached to an aromatic ring is 1. The van der Waals surface area contributed by atoms with Crippen LogP contribution in [0.5, 0.6) is 5.75 Å². The molecule has 0 aromatic heterocycles. The number of amides is 1. The molecule has 1 amide bonds. The number of hydrogen-bond acceptors (Lipinski definition) is 5. The van der Waals surface area contributed by atoms with Crippen molar-refractivity contribution >= 4 is 29.2 Å². The molecule has 1 aromatic carbocycles. The van der Waals surface area contributed by atoms with Gasteiger partial charge < -0.3 is 20.9 Å². The maximum absolute atomic E-state index is 13.0. The van der Waals surface area contributed by atoms with Crippen LogP contribution in [0.15, 0.2) is 12.1 Å². The van der Waals surface area contributed by atoms with E-state index in [4.69, 9.17) is 27.2 Å². The summed E-state index contributed by atoms with van der Waals surface area (Å²) in [6.45, 7) is 1.09. The fraction of sp³-hybridized carbons (Fsp3) is 0.667. The second kappa shape index (κ2) is 11.8. The van der Waals surface area contributed by atoms with E-state index in [0.717, 1.165) is 51.5 Å². The quantitative estimate of drug-likeness (QED) is 0.329. The Bertz CT molecular complexity index is 790. The van der Waals surface area contributed by atoms with Crippen molar-refractivity contribution in [1.82, 2.24) is 10.2 Å². The molecular weight excluding hydrogens is 430 g/mol. The average Bonchev–Trinajstić information content (AvgIpc) is 2.74. The average molecular weight is 466 g/mol. The molecule has 0 aliphatic carbocycles.